The van der Waals surface area contributed by atoms with Crippen LogP contribution in [0.1, 0.15) is 24.4 Å². The molecule has 34 heavy (non-hydrogen) atoms. The second-order valence-corrected chi connectivity index (χ2v) is 6.96. The molecule has 1 fully saturated rings. The summed E-state index contributed by atoms with van der Waals surface area (Å²) >= 11 is 0. The van der Waals surface area contributed by atoms with Crippen molar-refractivity contribution in [1.29, 1.82) is 5.26 Å². The molecule has 0 spiro atoms. The lowest BCUT2D eigenvalue weighted by Gasteiger charge is -2.25. The summed E-state index contributed by atoms with van der Waals surface area (Å²) in [5.74, 6) is -6.41. The van der Waals surface area contributed by atoms with Crippen LogP contribution >= 0.6 is 0 Å². The Labute approximate surface area is 187 Å². The summed E-state index contributed by atoms with van der Waals surface area (Å²) in [4.78, 5) is 51.3. The van der Waals surface area contributed by atoms with Gasteiger partial charge in [0.25, 0.3) is 0 Å². The van der Waals surface area contributed by atoms with Gasteiger partial charge in [0.1, 0.15) is 12.1 Å². The van der Waals surface area contributed by atoms with Crippen molar-refractivity contribution in [3.05, 3.63) is 24.0 Å². The van der Waals surface area contributed by atoms with Crippen molar-refractivity contribution >= 4 is 29.3 Å². The van der Waals surface area contributed by atoms with Crippen LogP contribution in [0.2, 0.25) is 0 Å². The van der Waals surface area contributed by atoms with E-state index in [2.05, 4.69) is 10.3 Å². The summed E-state index contributed by atoms with van der Waals surface area (Å²) in [6, 6.07) is 0.0735. The van der Waals surface area contributed by atoms with E-state index >= 15 is 0 Å². The van der Waals surface area contributed by atoms with E-state index in [0.29, 0.717) is 6.42 Å². The van der Waals surface area contributed by atoms with Gasteiger partial charge in [-0.15, -0.1) is 0 Å². The lowest BCUT2D eigenvalue weighted by Crippen LogP contribution is -2.50. The topological polar surface area (TPSA) is 144 Å². The number of anilines is 1. The molecule has 1 saturated heterocycles. The summed E-state index contributed by atoms with van der Waals surface area (Å²) in [6.07, 6.45) is -7.99. The number of rotatable bonds is 6. The zero-order valence-corrected chi connectivity index (χ0v) is 17.0. The van der Waals surface area contributed by atoms with Crippen LogP contribution in [0.3, 0.4) is 0 Å². The number of carbonyl (C=O) groups is 4. The average Bonchev–Trinajstić information content (AvgIpc) is 3.24. The van der Waals surface area contributed by atoms with Gasteiger partial charge >= 0.3 is 24.2 Å². The van der Waals surface area contributed by atoms with Gasteiger partial charge in [-0.3, -0.25) is 24.2 Å². The van der Waals surface area contributed by atoms with Crippen LogP contribution in [0.4, 0.5) is 32.0 Å². The Bertz CT molecular complexity index is 1010. The Morgan fingerprint density at radius 1 is 1.12 bits per heavy atom. The predicted molar refractivity (Wildman–Crippen MR) is 99.2 cm³/mol. The van der Waals surface area contributed by atoms with Gasteiger partial charge in [-0.2, -0.15) is 31.6 Å². The zero-order chi connectivity index (χ0) is 25.7. The number of aromatic nitrogens is 1. The van der Waals surface area contributed by atoms with E-state index in [0.717, 1.165) is 23.4 Å². The van der Waals surface area contributed by atoms with E-state index in [1.54, 1.807) is 11.4 Å². The molecule has 0 aromatic carbocycles. The monoisotopic (exact) mass is 494 g/mol. The third-order valence-corrected chi connectivity index (χ3v) is 4.56. The molecule has 1 aromatic heterocycles. The number of likely N-dealkylation sites (tertiary alicyclic amines) is 1. The number of nitrogens with one attached hydrogen (secondary N) is 3. The van der Waals surface area contributed by atoms with E-state index in [1.165, 1.54) is 5.32 Å². The number of amides is 4. The molecule has 16 heteroatoms. The molecule has 0 aliphatic carbocycles. The second-order valence-electron chi connectivity index (χ2n) is 6.96. The van der Waals surface area contributed by atoms with Crippen molar-refractivity contribution in [3.8, 4) is 6.07 Å². The van der Waals surface area contributed by atoms with Gasteiger partial charge in [0.2, 0.25) is 11.8 Å². The minimum atomic E-state index is -5.19. The Morgan fingerprint density at radius 2 is 1.76 bits per heavy atom. The van der Waals surface area contributed by atoms with Crippen LogP contribution in [-0.4, -0.2) is 65.0 Å². The Balaban J connectivity index is 2.06. The Kier molecular flexibility index (Phi) is 8.03. The number of hydrogen-bond acceptors (Lipinski definition) is 6. The molecule has 3 N–H and O–H groups in total. The minimum absolute atomic E-state index is 0.0105. The van der Waals surface area contributed by atoms with Crippen LogP contribution in [0.15, 0.2) is 18.5 Å². The first-order valence-electron chi connectivity index (χ1n) is 9.41. The molecule has 0 radical (unpaired) electrons. The van der Waals surface area contributed by atoms with E-state index in [9.17, 15) is 50.8 Å². The third-order valence-electron chi connectivity index (χ3n) is 4.56. The molecule has 2 atom stereocenters. The van der Waals surface area contributed by atoms with Crippen molar-refractivity contribution in [1.82, 2.24) is 20.5 Å². The first kappa shape index (κ1) is 26.4. The molecule has 0 saturated carbocycles. The van der Waals surface area contributed by atoms with Gasteiger partial charge in [-0.1, -0.05) is 0 Å². The predicted octanol–water partition coefficient (Wildman–Crippen LogP) is 0.933. The van der Waals surface area contributed by atoms with Gasteiger partial charge in [-0.25, -0.2) is 0 Å². The molecular formula is C18H16F6N6O4. The Morgan fingerprint density at radius 3 is 2.35 bits per heavy atom. The third kappa shape index (κ3) is 6.80. The highest BCUT2D eigenvalue weighted by atomic mass is 19.4. The number of carbonyl (C=O) groups excluding carboxylic acids is 4. The lowest BCUT2D eigenvalue weighted by molar-refractivity contribution is -0.174. The quantitative estimate of drug-likeness (QED) is 0.502. The largest absolute Gasteiger partial charge is 0.471 e. The van der Waals surface area contributed by atoms with Crippen molar-refractivity contribution in [2.75, 3.05) is 18.4 Å². The first-order chi connectivity index (χ1) is 15.7. The summed E-state index contributed by atoms with van der Waals surface area (Å²) in [5, 5.41) is 14.6. The molecule has 1 aromatic rings. The zero-order valence-electron chi connectivity index (χ0n) is 17.0. The summed E-state index contributed by atoms with van der Waals surface area (Å²) in [6.45, 7) is -0.995. The summed E-state index contributed by atoms with van der Waals surface area (Å²) in [5.41, 5.74) is -0.475. The SMILES string of the molecule is N#CC(NC(=O)C1CCCN1C(=O)CNC(=O)C(F)(F)F)c1cncc(NC(=O)C(F)(F)F)c1. The normalized spacial score (nSPS) is 16.9. The highest BCUT2D eigenvalue weighted by Gasteiger charge is 2.40. The van der Waals surface area contributed by atoms with Crippen molar-refractivity contribution in [2.45, 2.75) is 37.3 Å². The fraction of sp³-hybridized carbons (Fsp3) is 0.444. The lowest BCUT2D eigenvalue weighted by atomic mass is 10.1. The average molecular weight is 494 g/mol. The minimum Gasteiger partial charge on any atom is -0.339 e. The molecule has 2 heterocycles. The maximum Gasteiger partial charge on any atom is 0.471 e. The van der Waals surface area contributed by atoms with Gasteiger partial charge in [-0.05, 0) is 18.9 Å². The van der Waals surface area contributed by atoms with Crippen LogP contribution in [-0.2, 0) is 19.2 Å². The highest BCUT2D eigenvalue weighted by molar-refractivity contribution is 5.95. The van der Waals surface area contributed by atoms with Crippen LogP contribution in [0.25, 0.3) is 0 Å². The van der Waals surface area contributed by atoms with E-state index in [4.69, 9.17) is 0 Å². The van der Waals surface area contributed by atoms with E-state index in [1.807, 2.05) is 0 Å². The fourth-order valence-electron chi connectivity index (χ4n) is 3.01. The van der Waals surface area contributed by atoms with Crippen LogP contribution in [0.5, 0.6) is 0 Å². The summed E-state index contributed by atoms with van der Waals surface area (Å²) in [7, 11) is 0. The standard InChI is InChI=1S/C18H16F6N6O4/c19-17(20,21)15(33)27-8-13(31)30-3-1-2-12(30)14(32)29-11(5-25)9-4-10(7-26-6-9)28-16(34)18(22,23)24/h4,6-7,11-12H,1-3,8H2,(H,27,33)(H,28,34)(H,29,32). The highest BCUT2D eigenvalue weighted by Crippen LogP contribution is 2.22. The Hall–Kier alpha value is -3.90. The summed E-state index contributed by atoms with van der Waals surface area (Å²) < 4.78 is 74.0. The molecule has 4 amide bonds. The number of pyridine rings is 1. The van der Waals surface area contributed by atoms with Gasteiger partial charge in [0.05, 0.1) is 24.5 Å². The maximum atomic E-state index is 12.6. The molecule has 1 aliphatic rings. The van der Waals surface area contributed by atoms with Crippen molar-refractivity contribution in [3.63, 3.8) is 0 Å². The molecule has 10 nitrogen and oxygen atoms in total. The molecule has 0 bridgehead atoms. The van der Waals surface area contributed by atoms with E-state index in [-0.39, 0.29) is 18.5 Å². The first-order valence-corrected chi connectivity index (χ1v) is 9.41. The molecule has 2 unspecified atom stereocenters. The number of nitrogens with zero attached hydrogens (tertiary/aromatic N) is 3. The number of nitriles is 1. The smallest absolute Gasteiger partial charge is 0.339 e. The van der Waals surface area contributed by atoms with Crippen molar-refractivity contribution in [2.24, 2.45) is 0 Å². The number of hydrogen-bond donors (Lipinski definition) is 3. The van der Waals surface area contributed by atoms with Crippen LogP contribution in [0, 0.1) is 11.3 Å². The molecule has 184 valence electrons. The molecule has 2 rings (SSSR count). The van der Waals surface area contributed by atoms with Crippen molar-refractivity contribution < 1.29 is 45.5 Å². The molecule has 1 aliphatic heterocycles. The van der Waals surface area contributed by atoms with Gasteiger partial charge in [0, 0.05) is 18.3 Å². The van der Waals surface area contributed by atoms with Crippen LogP contribution < -0.4 is 16.0 Å². The molecular weight excluding hydrogens is 478 g/mol. The second kappa shape index (κ2) is 10.4. The number of halogens is 6. The maximum absolute atomic E-state index is 12.6. The fourth-order valence-corrected chi connectivity index (χ4v) is 3.01. The number of alkyl halides is 6. The van der Waals surface area contributed by atoms with Gasteiger partial charge < -0.3 is 20.9 Å². The van der Waals surface area contributed by atoms with E-state index < -0.39 is 60.3 Å². The van der Waals surface area contributed by atoms with Gasteiger partial charge in [0.15, 0.2) is 0 Å².